The minimum Gasteiger partial charge on any atom is -0.455 e. The van der Waals surface area contributed by atoms with E-state index in [1.54, 1.807) is 0 Å². The summed E-state index contributed by atoms with van der Waals surface area (Å²) in [4.78, 5) is 15.0. The van der Waals surface area contributed by atoms with Crippen LogP contribution >= 0.6 is 0 Å². The molecule has 29 heavy (non-hydrogen) atoms. The van der Waals surface area contributed by atoms with Gasteiger partial charge in [-0.3, -0.25) is 4.79 Å². The third kappa shape index (κ3) is 3.85. The van der Waals surface area contributed by atoms with Crippen LogP contribution in [0.3, 0.4) is 0 Å². The lowest BCUT2D eigenvalue weighted by Gasteiger charge is -2.19. The second kappa shape index (κ2) is 7.18. The molecule has 8 heteroatoms. The summed E-state index contributed by atoms with van der Waals surface area (Å²) < 4.78 is 44.8. The van der Waals surface area contributed by atoms with Gasteiger partial charge in [0, 0.05) is 36.3 Å². The molecule has 0 saturated carbocycles. The van der Waals surface area contributed by atoms with Crippen molar-refractivity contribution in [2.24, 2.45) is 0 Å². The first-order valence-electron chi connectivity index (χ1n) is 9.31. The summed E-state index contributed by atoms with van der Waals surface area (Å²) >= 11 is 0. The molecule has 3 aromatic rings. The Balaban J connectivity index is 1.96. The van der Waals surface area contributed by atoms with E-state index in [1.165, 1.54) is 24.3 Å². The number of nitrogens with zero attached hydrogens (tertiary/aromatic N) is 1. The molecule has 1 aromatic heterocycles. The van der Waals surface area contributed by atoms with Gasteiger partial charge in [0.05, 0.1) is 11.8 Å². The average molecular weight is 416 g/mol. The van der Waals surface area contributed by atoms with Gasteiger partial charge in [-0.2, -0.15) is 0 Å². The van der Waals surface area contributed by atoms with Crippen LogP contribution in [0.1, 0.15) is 28.8 Å². The van der Waals surface area contributed by atoms with Crippen LogP contribution in [0.4, 0.5) is 10.1 Å². The first-order valence-corrected chi connectivity index (χ1v) is 11.2. The fourth-order valence-electron chi connectivity index (χ4n) is 3.77. The molecule has 0 fully saturated rings. The van der Waals surface area contributed by atoms with Gasteiger partial charge >= 0.3 is 0 Å². The summed E-state index contributed by atoms with van der Waals surface area (Å²) in [5, 5.41) is 0.541. The van der Waals surface area contributed by atoms with Gasteiger partial charge in [-0.25, -0.2) is 17.5 Å². The van der Waals surface area contributed by atoms with Gasteiger partial charge in [0.25, 0.3) is 5.91 Å². The first-order chi connectivity index (χ1) is 13.7. The van der Waals surface area contributed by atoms with Crippen LogP contribution in [0, 0.1) is 5.82 Å². The molecule has 2 aromatic carbocycles. The number of benzene rings is 2. The summed E-state index contributed by atoms with van der Waals surface area (Å²) in [6, 6.07) is 9.33. The third-order valence-corrected chi connectivity index (χ3v) is 5.66. The molecule has 0 atom stereocenters. The number of hydrogen-bond acceptors (Lipinski definition) is 5. The van der Waals surface area contributed by atoms with E-state index in [9.17, 15) is 17.6 Å². The highest BCUT2D eigenvalue weighted by Crippen LogP contribution is 2.38. The molecule has 0 bridgehead atoms. The first kappa shape index (κ1) is 19.4. The van der Waals surface area contributed by atoms with Crippen LogP contribution in [0.5, 0.6) is 0 Å². The zero-order valence-corrected chi connectivity index (χ0v) is 17.0. The van der Waals surface area contributed by atoms with Gasteiger partial charge in [0.2, 0.25) is 10.0 Å². The Morgan fingerprint density at radius 3 is 2.59 bits per heavy atom. The standard InChI is InChI=1S/C21H21FN2O4S/c1-24-10-4-3-5-14-11-16-18(12-17(14)24)28-20(13-6-8-15(22)9-7-13)19(16)21(25)23-29(2,26)27/h6-9,11-12H,3-5,10H2,1-2H3,(H,23,25). The summed E-state index contributed by atoms with van der Waals surface area (Å²) in [5.41, 5.74) is 3.22. The molecule has 152 valence electrons. The fraction of sp³-hybridized carbons (Fsp3) is 0.286. The highest BCUT2D eigenvalue weighted by atomic mass is 32.2. The molecule has 0 spiro atoms. The lowest BCUT2D eigenvalue weighted by molar-refractivity contribution is 0.0983. The van der Waals surface area contributed by atoms with Crippen molar-refractivity contribution < 1.29 is 22.0 Å². The molecule has 1 amide bonds. The van der Waals surface area contributed by atoms with Crippen LogP contribution in [0.25, 0.3) is 22.3 Å². The van der Waals surface area contributed by atoms with E-state index in [-0.39, 0.29) is 11.3 Å². The molecular weight excluding hydrogens is 395 g/mol. The second-order valence-electron chi connectivity index (χ2n) is 7.37. The number of nitrogens with one attached hydrogen (secondary N) is 1. The van der Waals surface area contributed by atoms with Gasteiger partial charge < -0.3 is 9.32 Å². The van der Waals surface area contributed by atoms with E-state index in [4.69, 9.17) is 4.42 Å². The van der Waals surface area contributed by atoms with E-state index in [0.29, 0.717) is 16.5 Å². The van der Waals surface area contributed by atoms with Crippen LogP contribution in [-0.4, -0.2) is 34.2 Å². The number of carbonyl (C=O) groups excluding carboxylic acids is 1. The average Bonchev–Trinajstić information content (AvgIpc) is 2.92. The van der Waals surface area contributed by atoms with E-state index in [0.717, 1.165) is 43.3 Å². The fourth-order valence-corrected chi connectivity index (χ4v) is 4.21. The predicted octanol–water partition coefficient (Wildman–Crippen LogP) is 3.70. The van der Waals surface area contributed by atoms with Gasteiger partial charge in [-0.05, 0) is 55.2 Å². The zero-order valence-electron chi connectivity index (χ0n) is 16.2. The molecular formula is C21H21FN2O4S. The Kier molecular flexibility index (Phi) is 4.82. The van der Waals surface area contributed by atoms with Crippen molar-refractivity contribution in [3.8, 4) is 11.3 Å². The molecule has 0 saturated heterocycles. The van der Waals surface area contributed by atoms with Crippen molar-refractivity contribution >= 4 is 32.6 Å². The molecule has 6 nitrogen and oxygen atoms in total. The summed E-state index contributed by atoms with van der Waals surface area (Å²) in [5.74, 6) is -0.975. The topological polar surface area (TPSA) is 79.6 Å². The zero-order chi connectivity index (χ0) is 20.8. The Hall–Kier alpha value is -2.87. The Bertz CT molecular complexity index is 1200. The molecule has 2 heterocycles. The maximum atomic E-state index is 13.4. The van der Waals surface area contributed by atoms with Crippen molar-refractivity contribution in [1.29, 1.82) is 0 Å². The summed E-state index contributed by atoms with van der Waals surface area (Å²) in [6.45, 7) is 0.922. The van der Waals surface area contributed by atoms with E-state index in [2.05, 4.69) is 4.90 Å². The van der Waals surface area contributed by atoms with E-state index >= 15 is 0 Å². The highest BCUT2D eigenvalue weighted by Gasteiger charge is 2.26. The maximum absolute atomic E-state index is 13.4. The third-order valence-electron chi connectivity index (χ3n) is 5.10. The van der Waals surface area contributed by atoms with Crippen LogP contribution < -0.4 is 9.62 Å². The number of fused-ring (bicyclic) bond motifs is 2. The van der Waals surface area contributed by atoms with Crippen LogP contribution in [-0.2, 0) is 16.4 Å². The molecule has 1 aliphatic heterocycles. The second-order valence-corrected chi connectivity index (χ2v) is 9.12. The van der Waals surface area contributed by atoms with Crippen molar-refractivity contribution in [1.82, 2.24) is 4.72 Å². The van der Waals surface area contributed by atoms with Gasteiger partial charge in [0.15, 0.2) is 0 Å². The number of furan rings is 1. The number of anilines is 1. The molecule has 1 N–H and O–H groups in total. The Morgan fingerprint density at radius 1 is 1.17 bits per heavy atom. The highest BCUT2D eigenvalue weighted by molar-refractivity contribution is 7.89. The molecule has 1 aliphatic rings. The summed E-state index contributed by atoms with van der Waals surface area (Å²) in [6.07, 6.45) is 3.87. The lowest BCUT2D eigenvalue weighted by atomic mass is 10.0. The van der Waals surface area contributed by atoms with Crippen LogP contribution in [0.2, 0.25) is 0 Å². The predicted molar refractivity (Wildman–Crippen MR) is 110 cm³/mol. The number of amides is 1. The number of hydrogen-bond donors (Lipinski definition) is 1. The number of halogens is 1. The smallest absolute Gasteiger partial charge is 0.269 e. The molecule has 0 radical (unpaired) electrons. The minimum absolute atomic E-state index is 0.131. The van der Waals surface area contributed by atoms with Gasteiger partial charge in [-0.1, -0.05) is 0 Å². The SMILES string of the molecule is CN1CCCCc2cc3c(C(=O)NS(C)(=O)=O)c(-c4ccc(F)cc4)oc3cc21. The number of rotatable bonds is 3. The van der Waals surface area contributed by atoms with Crippen LogP contribution in [0.15, 0.2) is 40.8 Å². The maximum Gasteiger partial charge on any atom is 0.269 e. The lowest BCUT2D eigenvalue weighted by Crippen LogP contribution is -2.29. The van der Waals surface area contributed by atoms with Crippen molar-refractivity contribution in [3.63, 3.8) is 0 Å². The van der Waals surface area contributed by atoms with E-state index in [1.807, 2.05) is 23.9 Å². The summed E-state index contributed by atoms with van der Waals surface area (Å²) in [7, 11) is -1.75. The largest absolute Gasteiger partial charge is 0.455 e. The molecule has 0 unspecified atom stereocenters. The number of carbonyl (C=O) groups is 1. The van der Waals surface area contributed by atoms with Gasteiger partial charge in [-0.15, -0.1) is 0 Å². The Morgan fingerprint density at radius 2 is 1.90 bits per heavy atom. The monoisotopic (exact) mass is 416 g/mol. The van der Waals surface area contributed by atoms with Crippen molar-refractivity contribution in [2.45, 2.75) is 19.3 Å². The minimum atomic E-state index is -3.77. The molecule has 4 rings (SSSR count). The quantitative estimate of drug-likeness (QED) is 0.704. The van der Waals surface area contributed by atoms with E-state index < -0.39 is 21.7 Å². The Labute approximate surface area is 168 Å². The normalized spacial score (nSPS) is 14.5. The van der Waals surface area contributed by atoms with Crippen molar-refractivity contribution in [3.05, 3.63) is 53.3 Å². The van der Waals surface area contributed by atoms with Gasteiger partial charge in [0.1, 0.15) is 17.2 Å². The van der Waals surface area contributed by atoms with Crippen molar-refractivity contribution in [2.75, 3.05) is 24.7 Å². The molecule has 0 aliphatic carbocycles. The number of sulfonamides is 1. The number of aryl methyl sites for hydroxylation is 1.